The normalized spacial score (nSPS) is 33.0. The van der Waals surface area contributed by atoms with Gasteiger partial charge in [0.2, 0.25) is 0 Å². The summed E-state index contributed by atoms with van der Waals surface area (Å²) in [6, 6.07) is 0. The number of carbonyl (C=O) groups excluding carboxylic acids is 1. The third-order valence-corrected chi connectivity index (χ3v) is 1.88. The van der Waals surface area contributed by atoms with Crippen molar-refractivity contribution >= 4 is 5.78 Å². The maximum Gasteiger partial charge on any atom is 0.155 e. The van der Waals surface area contributed by atoms with E-state index in [9.17, 15) is 9.90 Å². The molecule has 0 amide bonds. The minimum Gasteiger partial charge on any atom is -0.390 e. The van der Waals surface area contributed by atoms with E-state index in [1.54, 1.807) is 19.9 Å². The lowest BCUT2D eigenvalue weighted by atomic mass is 9.83. The molecular weight excluding hydrogens is 140 g/mol. The SMILES string of the molecule is [2H]C1([2H])CC(C(C)(C)O)C=CC1=O. The third kappa shape index (κ3) is 2.15. The summed E-state index contributed by atoms with van der Waals surface area (Å²) in [5, 5.41) is 9.63. The number of rotatable bonds is 1. The van der Waals surface area contributed by atoms with Crippen molar-refractivity contribution in [1.29, 1.82) is 0 Å². The van der Waals surface area contributed by atoms with Crippen LogP contribution < -0.4 is 0 Å². The van der Waals surface area contributed by atoms with Gasteiger partial charge in [0, 0.05) is 15.0 Å². The molecule has 11 heavy (non-hydrogen) atoms. The van der Waals surface area contributed by atoms with Gasteiger partial charge in [-0.2, -0.15) is 0 Å². The molecular formula is C9H14O2. The Labute approximate surface area is 69.7 Å². The first-order valence-electron chi connectivity index (χ1n) is 4.68. The summed E-state index contributed by atoms with van der Waals surface area (Å²) in [5.41, 5.74) is -0.968. The van der Waals surface area contributed by atoms with Crippen molar-refractivity contribution in [3.63, 3.8) is 0 Å². The van der Waals surface area contributed by atoms with E-state index in [0.717, 1.165) is 0 Å². The fourth-order valence-corrected chi connectivity index (χ4v) is 1.03. The zero-order valence-corrected chi connectivity index (χ0v) is 6.79. The fourth-order valence-electron chi connectivity index (χ4n) is 1.03. The zero-order chi connectivity index (χ0) is 10.3. The van der Waals surface area contributed by atoms with Crippen LogP contribution in [0.15, 0.2) is 12.2 Å². The molecule has 0 spiro atoms. The molecule has 0 bridgehead atoms. The average molecular weight is 156 g/mol. The van der Waals surface area contributed by atoms with E-state index in [0.29, 0.717) is 0 Å². The molecule has 0 aliphatic heterocycles. The molecule has 2 heteroatoms. The van der Waals surface area contributed by atoms with Crippen LogP contribution in [0.2, 0.25) is 0 Å². The van der Waals surface area contributed by atoms with Crippen LogP contribution in [0.4, 0.5) is 0 Å². The first-order valence-corrected chi connectivity index (χ1v) is 3.68. The van der Waals surface area contributed by atoms with Gasteiger partial charge in [-0.05, 0) is 26.3 Å². The average Bonchev–Trinajstić information content (AvgIpc) is 1.92. The molecule has 0 aromatic carbocycles. The molecule has 62 valence electrons. The molecule has 0 aromatic rings. The van der Waals surface area contributed by atoms with Crippen molar-refractivity contribution in [3.05, 3.63) is 12.2 Å². The molecule has 1 aliphatic carbocycles. The first kappa shape index (κ1) is 5.95. The van der Waals surface area contributed by atoms with E-state index >= 15 is 0 Å². The Morgan fingerprint density at radius 3 is 2.91 bits per heavy atom. The van der Waals surface area contributed by atoms with E-state index in [4.69, 9.17) is 2.74 Å². The van der Waals surface area contributed by atoms with Crippen LogP contribution >= 0.6 is 0 Å². The number of carbonyl (C=O) groups is 1. The lowest BCUT2D eigenvalue weighted by molar-refractivity contribution is -0.115. The standard InChI is InChI=1S/C9H14O2/c1-9(2,11)7-3-5-8(10)6-4-7/h3,5,7,11H,4,6H2,1-2H3/i6D2. The van der Waals surface area contributed by atoms with Crippen molar-refractivity contribution in [2.45, 2.75) is 32.2 Å². The van der Waals surface area contributed by atoms with Gasteiger partial charge in [-0.1, -0.05) is 6.08 Å². The smallest absolute Gasteiger partial charge is 0.155 e. The van der Waals surface area contributed by atoms with Gasteiger partial charge in [-0.3, -0.25) is 4.79 Å². The van der Waals surface area contributed by atoms with E-state index in [2.05, 4.69) is 0 Å². The highest BCUT2D eigenvalue weighted by molar-refractivity contribution is 5.90. The van der Waals surface area contributed by atoms with Crippen LogP contribution in [-0.4, -0.2) is 16.5 Å². The van der Waals surface area contributed by atoms with Crippen LogP contribution in [0, 0.1) is 5.92 Å². The van der Waals surface area contributed by atoms with Crippen molar-refractivity contribution < 1.29 is 12.6 Å². The highest BCUT2D eigenvalue weighted by Gasteiger charge is 2.26. The lowest BCUT2D eigenvalue weighted by Crippen LogP contribution is -2.31. The second kappa shape index (κ2) is 2.78. The van der Waals surface area contributed by atoms with Crippen molar-refractivity contribution in [2.75, 3.05) is 0 Å². The van der Waals surface area contributed by atoms with Gasteiger partial charge in [0.15, 0.2) is 5.78 Å². The number of allylic oxidation sites excluding steroid dienone is 1. The maximum atomic E-state index is 11.0. The van der Waals surface area contributed by atoms with Crippen LogP contribution in [-0.2, 0) is 4.79 Å². The molecule has 0 heterocycles. The second-order valence-electron chi connectivity index (χ2n) is 3.36. The largest absolute Gasteiger partial charge is 0.390 e. The van der Waals surface area contributed by atoms with Gasteiger partial charge < -0.3 is 5.11 Å². The number of hydrogen-bond donors (Lipinski definition) is 1. The van der Waals surface area contributed by atoms with Crippen molar-refractivity contribution in [1.82, 2.24) is 0 Å². The molecule has 1 aliphatic rings. The summed E-state index contributed by atoms with van der Waals surface area (Å²) in [6.45, 7) is 3.24. The van der Waals surface area contributed by atoms with E-state index in [1.807, 2.05) is 0 Å². The Morgan fingerprint density at radius 1 is 1.82 bits per heavy atom. The van der Waals surface area contributed by atoms with Gasteiger partial charge in [0.1, 0.15) is 0 Å². The summed E-state index contributed by atoms with van der Waals surface area (Å²) in [7, 11) is 0. The highest BCUT2D eigenvalue weighted by atomic mass is 16.3. The first-order chi connectivity index (χ1) is 5.73. The number of hydrogen-bond acceptors (Lipinski definition) is 2. The summed E-state index contributed by atoms with van der Waals surface area (Å²) in [4.78, 5) is 11.0. The van der Waals surface area contributed by atoms with Crippen LogP contribution in [0.3, 0.4) is 0 Å². The molecule has 1 N–H and O–H groups in total. The Kier molecular flexibility index (Phi) is 1.50. The maximum absolute atomic E-state index is 11.0. The summed E-state index contributed by atoms with van der Waals surface area (Å²) < 4.78 is 14.8. The minimum atomic E-state index is -1.82. The van der Waals surface area contributed by atoms with Gasteiger partial charge >= 0.3 is 0 Å². The molecule has 0 radical (unpaired) electrons. The van der Waals surface area contributed by atoms with Crippen LogP contribution in [0.5, 0.6) is 0 Å². The Bertz CT molecular complexity index is 251. The summed E-state index contributed by atoms with van der Waals surface area (Å²) >= 11 is 0. The topological polar surface area (TPSA) is 37.3 Å². The third-order valence-electron chi connectivity index (χ3n) is 1.88. The summed E-state index contributed by atoms with van der Waals surface area (Å²) in [6.07, 6.45) is 1.06. The molecule has 0 aromatic heterocycles. The summed E-state index contributed by atoms with van der Waals surface area (Å²) in [5.74, 6) is -0.798. The molecule has 0 saturated carbocycles. The lowest BCUT2D eigenvalue weighted by Gasteiger charge is -2.28. The molecule has 1 atom stereocenters. The molecule has 0 saturated heterocycles. The highest BCUT2D eigenvalue weighted by Crippen LogP contribution is 2.25. The van der Waals surface area contributed by atoms with Crippen molar-refractivity contribution in [2.24, 2.45) is 5.92 Å². The quantitative estimate of drug-likeness (QED) is 0.621. The Balaban J connectivity index is 2.88. The predicted molar refractivity (Wildman–Crippen MR) is 43.2 cm³/mol. The molecule has 1 unspecified atom stereocenters. The fraction of sp³-hybridized carbons (Fsp3) is 0.667. The van der Waals surface area contributed by atoms with E-state index < -0.39 is 17.8 Å². The van der Waals surface area contributed by atoms with Gasteiger partial charge in [-0.25, -0.2) is 0 Å². The number of ketones is 1. The van der Waals surface area contributed by atoms with Gasteiger partial charge in [0.25, 0.3) is 0 Å². The molecule has 1 rings (SSSR count). The van der Waals surface area contributed by atoms with Crippen LogP contribution in [0.1, 0.15) is 29.4 Å². The zero-order valence-electron chi connectivity index (χ0n) is 8.79. The Hall–Kier alpha value is -0.630. The Morgan fingerprint density at radius 2 is 2.45 bits per heavy atom. The van der Waals surface area contributed by atoms with Crippen molar-refractivity contribution in [3.8, 4) is 0 Å². The van der Waals surface area contributed by atoms with Crippen LogP contribution in [0.25, 0.3) is 0 Å². The predicted octanol–water partition coefficient (Wildman–Crippen LogP) is 1.29. The minimum absolute atomic E-state index is 0.0613. The molecule has 2 nitrogen and oxygen atoms in total. The molecule has 0 fully saturated rings. The van der Waals surface area contributed by atoms with Gasteiger partial charge in [0.05, 0.1) is 5.60 Å². The monoisotopic (exact) mass is 156 g/mol. The second-order valence-corrected chi connectivity index (χ2v) is 3.36. The van der Waals surface area contributed by atoms with Gasteiger partial charge in [-0.15, -0.1) is 0 Å². The van der Waals surface area contributed by atoms with E-state index in [1.165, 1.54) is 6.08 Å². The van der Waals surface area contributed by atoms with E-state index in [-0.39, 0.29) is 12.3 Å². The number of aliphatic hydroxyl groups is 1.